The van der Waals surface area contributed by atoms with Gasteiger partial charge in [-0.1, -0.05) is 6.92 Å². The van der Waals surface area contributed by atoms with E-state index in [1.165, 1.54) is 6.92 Å². The van der Waals surface area contributed by atoms with Gasteiger partial charge in [-0.05, 0) is 32.3 Å². The predicted molar refractivity (Wildman–Crippen MR) is 98.0 cm³/mol. The number of aromatic nitrogens is 1. The van der Waals surface area contributed by atoms with Crippen molar-refractivity contribution in [3.05, 3.63) is 23.4 Å². The lowest BCUT2D eigenvalue weighted by atomic mass is 10.0. The van der Waals surface area contributed by atoms with E-state index in [4.69, 9.17) is 4.74 Å². The minimum absolute atomic E-state index is 0.171. The van der Waals surface area contributed by atoms with Crippen molar-refractivity contribution < 1.29 is 9.53 Å². The minimum atomic E-state index is -0.171. The molecule has 2 aromatic rings. The summed E-state index contributed by atoms with van der Waals surface area (Å²) < 4.78 is 5.67. The summed E-state index contributed by atoms with van der Waals surface area (Å²) in [5.41, 5.74) is 3.52. The second-order valence-corrected chi connectivity index (χ2v) is 6.17. The van der Waals surface area contributed by atoms with Gasteiger partial charge in [-0.3, -0.25) is 9.78 Å². The topological polar surface area (TPSA) is 87.0 Å². The Labute approximate surface area is 147 Å². The lowest BCUT2D eigenvalue weighted by Crippen LogP contribution is -2.10. The Hall–Kier alpha value is -2.81. The molecule has 0 atom stereocenters. The van der Waals surface area contributed by atoms with Crippen molar-refractivity contribution in [3.8, 4) is 11.8 Å². The summed E-state index contributed by atoms with van der Waals surface area (Å²) in [6.07, 6.45) is 2.88. The van der Waals surface area contributed by atoms with Gasteiger partial charge in [0.2, 0.25) is 5.91 Å². The number of carbonyl (C=O) groups excluding carboxylic acids is 1. The molecule has 0 spiro atoms. The SMILES string of the molecule is CCOc1cc2nc(CC)c(C#N)c(NC3CC3)c2cc1NC(C)=O. The molecule has 1 amide bonds. The highest BCUT2D eigenvalue weighted by molar-refractivity contribution is 6.01. The van der Waals surface area contributed by atoms with Crippen LogP contribution in [-0.2, 0) is 11.2 Å². The Balaban J connectivity index is 2.26. The van der Waals surface area contributed by atoms with Crippen molar-refractivity contribution in [2.24, 2.45) is 0 Å². The summed E-state index contributed by atoms with van der Waals surface area (Å²) in [7, 11) is 0. The zero-order valence-electron chi connectivity index (χ0n) is 14.8. The molecule has 0 radical (unpaired) electrons. The molecule has 2 N–H and O–H groups in total. The third-order valence-corrected chi connectivity index (χ3v) is 4.14. The summed E-state index contributed by atoms with van der Waals surface area (Å²) in [5, 5.41) is 16.8. The number of ether oxygens (including phenoxy) is 1. The van der Waals surface area contributed by atoms with Crippen LogP contribution in [0.3, 0.4) is 0 Å². The van der Waals surface area contributed by atoms with Gasteiger partial charge in [0, 0.05) is 24.4 Å². The van der Waals surface area contributed by atoms with E-state index >= 15 is 0 Å². The number of hydrogen-bond donors (Lipinski definition) is 2. The fraction of sp³-hybridized carbons (Fsp3) is 0.421. The number of amides is 1. The van der Waals surface area contributed by atoms with E-state index in [0.29, 0.717) is 36.1 Å². The largest absolute Gasteiger partial charge is 0.492 e. The van der Waals surface area contributed by atoms with E-state index in [2.05, 4.69) is 21.7 Å². The Bertz CT molecular complexity index is 866. The van der Waals surface area contributed by atoms with E-state index < -0.39 is 0 Å². The summed E-state index contributed by atoms with van der Waals surface area (Å²) in [6.45, 7) is 5.83. The zero-order valence-corrected chi connectivity index (χ0v) is 14.8. The summed E-state index contributed by atoms with van der Waals surface area (Å²) in [5.74, 6) is 0.414. The zero-order chi connectivity index (χ0) is 18.0. The smallest absolute Gasteiger partial charge is 0.221 e. The highest BCUT2D eigenvalue weighted by atomic mass is 16.5. The van der Waals surface area contributed by atoms with Crippen LogP contribution in [0.4, 0.5) is 11.4 Å². The monoisotopic (exact) mass is 338 g/mol. The van der Waals surface area contributed by atoms with Gasteiger partial charge in [0.25, 0.3) is 0 Å². The first kappa shape index (κ1) is 17.0. The maximum atomic E-state index is 11.6. The number of fused-ring (bicyclic) bond motifs is 1. The van der Waals surface area contributed by atoms with Crippen molar-refractivity contribution in [3.63, 3.8) is 0 Å². The average Bonchev–Trinajstić information content (AvgIpc) is 3.39. The second kappa shape index (κ2) is 6.98. The lowest BCUT2D eigenvalue weighted by molar-refractivity contribution is -0.114. The van der Waals surface area contributed by atoms with Gasteiger partial charge >= 0.3 is 0 Å². The molecule has 1 saturated carbocycles. The van der Waals surface area contributed by atoms with E-state index in [-0.39, 0.29) is 5.91 Å². The van der Waals surface area contributed by atoms with E-state index in [1.54, 1.807) is 0 Å². The number of nitriles is 1. The number of hydrogen-bond acceptors (Lipinski definition) is 5. The van der Waals surface area contributed by atoms with Crippen molar-refractivity contribution in [2.75, 3.05) is 17.2 Å². The van der Waals surface area contributed by atoms with Gasteiger partial charge in [0.15, 0.2) is 0 Å². The van der Waals surface area contributed by atoms with Gasteiger partial charge < -0.3 is 15.4 Å². The minimum Gasteiger partial charge on any atom is -0.492 e. The second-order valence-electron chi connectivity index (χ2n) is 6.17. The molecule has 0 unspecified atom stereocenters. The molecule has 130 valence electrons. The molecular formula is C19H22N4O2. The molecule has 1 heterocycles. The Morgan fingerprint density at radius 2 is 2.16 bits per heavy atom. The van der Waals surface area contributed by atoms with Crippen LogP contribution in [-0.4, -0.2) is 23.5 Å². The molecule has 25 heavy (non-hydrogen) atoms. The summed E-state index contributed by atoms with van der Waals surface area (Å²) in [4.78, 5) is 16.2. The van der Waals surface area contributed by atoms with Crippen molar-refractivity contribution >= 4 is 28.2 Å². The maximum absolute atomic E-state index is 11.6. The van der Waals surface area contributed by atoms with Crippen LogP contribution in [0.15, 0.2) is 12.1 Å². The van der Waals surface area contributed by atoms with E-state index in [0.717, 1.165) is 35.1 Å². The first-order valence-electron chi connectivity index (χ1n) is 8.65. The number of pyridine rings is 1. The number of nitrogens with zero attached hydrogens (tertiary/aromatic N) is 2. The normalized spacial score (nSPS) is 13.4. The van der Waals surface area contributed by atoms with Crippen molar-refractivity contribution in [2.45, 2.75) is 46.1 Å². The number of anilines is 2. The van der Waals surface area contributed by atoms with Crippen LogP contribution in [0.1, 0.15) is 44.9 Å². The lowest BCUT2D eigenvalue weighted by Gasteiger charge is -2.17. The van der Waals surface area contributed by atoms with E-state index in [1.807, 2.05) is 26.0 Å². The van der Waals surface area contributed by atoms with Crippen LogP contribution in [0, 0.1) is 11.3 Å². The van der Waals surface area contributed by atoms with E-state index in [9.17, 15) is 10.1 Å². The highest BCUT2D eigenvalue weighted by Gasteiger charge is 2.25. The van der Waals surface area contributed by atoms with Crippen molar-refractivity contribution in [1.29, 1.82) is 5.26 Å². The molecule has 6 heteroatoms. The summed E-state index contributed by atoms with van der Waals surface area (Å²) >= 11 is 0. The molecular weight excluding hydrogens is 316 g/mol. The molecule has 1 fully saturated rings. The summed E-state index contributed by atoms with van der Waals surface area (Å²) in [6, 6.07) is 6.38. The first-order valence-corrected chi connectivity index (χ1v) is 8.65. The first-order chi connectivity index (χ1) is 12.1. The van der Waals surface area contributed by atoms with Crippen LogP contribution in [0.2, 0.25) is 0 Å². The molecule has 6 nitrogen and oxygen atoms in total. The van der Waals surface area contributed by atoms with Crippen LogP contribution < -0.4 is 15.4 Å². The van der Waals surface area contributed by atoms with Crippen molar-refractivity contribution in [1.82, 2.24) is 4.98 Å². The van der Waals surface area contributed by atoms with Gasteiger partial charge in [-0.25, -0.2) is 0 Å². The third-order valence-electron chi connectivity index (χ3n) is 4.14. The van der Waals surface area contributed by atoms with Gasteiger partial charge in [0.1, 0.15) is 11.8 Å². The Kier molecular flexibility index (Phi) is 4.75. The number of nitrogens with one attached hydrogen (secondary N) is 2. The van der Waals surface area contributed by atoms with Crippen LogP contribution in [0.25, 0.3) is 10.9 Å². The number of carbonyl (C=O) groups is 1. The van der Waals surface area contributed by atoms with Gasteiger partial charge in [-0.15, -0.1) is 0 Å². The number of rotatable bonds is 6. The fourth-order valence-electron chi connectivity index (χ4n) is 2.86. The number of benzene rings is 1. The van der Waals surface area contributed by atoms with Crippen LogP contribution in [0.5, 0.6) is 5.75 Å². The molecule has 0 saturated heterocycles. The number of aryl methyl sites for hydroxylation is 1. The molecule has 1 aliphatic rings. The quantitative estimate of drug-likeness (QED) is 0.840. The molecule has 1 aliphatic carbocycles. The fourth-order valence-corrected chi connectivity index (χ4v) is 2.86. The molecule has 1 aromatic heterocycles. The average molecular weight is 338 g/mol. The molecule has 1 aromatic carbocycles. The molecule has 0 aliphatic heterocycles. The van der Waals surface area contributed by atoms with Gasteiger partial charge in [-0.2, -0.15) is 5.26 Å². The molecule has 3 rings (SSSR count). The Morgan fingerprint density at radius 1 is 1.40 bits per heavy atom. The Morgan fingerprint density at radius 3 is 2.72 bits per heavy atom. The van der Waals surface area contributed by atoms with Crippen LogP contribution >= 0.6 is 0 Å². The van der Waals surface area contributed by atoms with Gasteiger partial charge in [0.05, 0.1) is 34.8 Å². The maximum Gasteiger partial charge on any atom is 0.221 e. The molecule has 0 bridgehead atoms. The third kappa shape index (κ3) is 3.50. The standard InChI is InChI=1S/C19H22N4O2/c1-4-15-14(10-20)19(22-12-6-7-12)13-8-17(21-11(3)24)18(25-5-2)9-16(13)23-15/h8-9,12H,4-7H2,1-3H3,(H,21,24)(H,22,23). The highest BCUT2D eigenvalue weighted by Crippen LogP contribution is 2.38. The predicted octanol–water partition coefficient (Wildman–Crippen LogP) is 3.60.